The lowest BCUT2D eigenvalue weighted by atomic mass is 10.1. The lowest BCUT2D eigenvalue weighted by Gasteiger charge is -2.14. The first kappa shape index (κ1) is 13.2. The van der Waals surface area contributed by atoms with E-state index < -0.39 is 11.8 Å². The second-order valence-electron chi connectivity index (χ2n) is 5.07. The summed E-state index contributed by atoms with van der Waals surface area (Å²) >= 11 is 0. The molecule has 2 aromatic rings. The highest BCUT2D eigenvalue weighted by Crippen LogP contribution is 2.34. The van der Waals surface area contributed by atoms with E-state index in [-0.39, 0.29) is 29.2 Å². The van der Waals surface area contributed by atoms with Crippen molar-refractivity contribution in [2.24, 2.45) is 0 Å². The Labute approximate surface area is 121 Å². The number of nitrogens with zero attached hydrogens (tertiary/aromatic N) is 1. The van der Waals surface area contributed by atoms with Crippen molar-refractivity contribution in [2.45, 2.75) is 13.5 Å². The lowest BCUT2D eigenvalue weighted by Crippen LogP contribution is -2.29. The first-order chi connectivity index (χ1) is 9.97. The number of hydrogen-bond donors (Lipinski definition) is 2. The molecule has 1 aliphatic heterocycles. The first-order valence-electron chi connectivity index (χ1n) is 6.45. The molecule has 0 unspecified atom stereocenters. The molecule has 0 saturated heterocycles. The third-order valence-corrected chi connectivity index (χ3v) is 3.46. The van der Waals surface area contributed by atoms with Crippen molar-refractivity contribution in [3.63, 3.8) is 0 Å². The number of hydrogen-bond acceptors (Lipinski definition) is 4. The van der Waals surface area contributed by atoms with Gasteiger partial charge in [-0.15, -0.1) is 0 Å². The number of amides is 2. The lowest BCUT2D eigenvalue weighted by molar-refractivity contribution is 0.0641. The van der Waals surface area contributed by atoms with Crippen molar-refractivity contribution in [3.8, 4) is 11.5 Å². The summed E-state index contributed by atoms with van der Waals surface area (Å²) < 4.78 is 0. The molecule has 0 fully saturated rings. The molecule has 2 aromatic carbocycles. The van der Waals surface area contributed by atoms with Gasteiger partial charge in [0.2, 0.25) is 0 Å². The van der Waals surface area contributed by atoms with Crippen LogP contribution in [0.2, 0.25) is 0 Å². The Kier molecular flexibility index (Phi) is 2.90. The van der Waals surface area contributed by atoms with Crippen LogP contribution in [0.3, 0.4) is 0 Å². The van der Waals surface area contributed by atoms with Crippen LogP contribution in [0.15, 0.2) is 36.4 Å². The average molecular weight is 283 g/mol. The van der Waals surface area contributed by atoms with E-state index in [1.165, 1.54) is 6.07 Å². The van der Waals surface area contributed by atoms with Crippen molar-refractivity contribution in [3.05, 3.63) is 58.7 Å². The van der Waals surface area contributed by atoms with E-state index in [1.54, 1.807) is 0 Å². The van der Waals surface area contributed by atoms with E-state index in [0.717, 1.165) is 22.1 Å². The fourth-order valence-electron chi connectivity index (χ4n) is 2.51. The molecule has 21 heavy (non-hydrogen) atoms. The zero-order valence-electron chi connectivity index (χ0n) is 11.3. The average Bonchev–Trinajstić information content (AvgIpc) is 2.64. The van der Waals surface area contributed by atoms with Gasteiger partial charge in [-0.05, 0) is 18.6 Å². The monoisotopic (exact) mass is 283 g/mol. The Morgan fingerprint density at radius 3 is 2.52 bits per heavy atom. The van der Waals surface area contributed by atoms with Crippen molar-refractivity contribution < 1.29 is 19.8 Å². The van der Waals surface area contributed by atoms with Crippen LogP contribution >= 0.6 is 0 Å². The highest BCUT2D eigenvalue weighted by Gasteiger charge is 2.38. The molecular formula is C16H13NO4. The molecule has 5 heteroatoms. The van der Waals surface area contributed by atoms with Crippen LogP contribution in [0.25, 0.3) is 0 Å². The van der Waals surface area contributed by atoms with Crippen molar-refractivity contribution >= 4 is 11.8 Å². The summed E-state index contributed by atoms with van der Waals surface area (Å²) in [5.41, 5.74) is 1.84. The molecular weight excluding hydrogens is 270 g/mol. The number of benzene rings is 2. The van der Waals surface area contributed by atoms with Crippen molar-refractivity contribution in [1.82, 2.24) is 4.90 Å². The van der Waals surface area contributed by atoms with Crippen LogP contribution in [0.4, 0.5) is 0 Å². The van der Waals surface area contributed by atoms with Crippen LogP contribution in [-0.2, 0) is 6.54 Å². The number of carbonyl (C=O) groups excluding carboxylic acids is 2. The summed E-state index contributed by atoms with van der Waals surface area (Å²) in [7, 11) is 0. The molecule has 106 valence electrons. The SMILES string of the molecule is Cc1cccc(CN2C(=O)c3cc(O)cc(O)c3C2=O)c1. The maximum absolute atomic E-state index is 12.3. The number of aryl methyl sites for hydroxylation is 1. The summed E-state index contributed by atoms with van der Waals surface area (Å²) in [4.78, 5) is 25.6. The molecule has 1 aliphatic rings. The molecule has 3 rings (SSSR count). The molecule has 2 N–H and O–H groups in total. The highest BCUT2D eigenvalue weighted by molar-refractivity contribution is 6.22. The third-order valence-electron chi connectivity index (χ3n) is 3.46. The minimum atomic E-state index is -0.547. The first-order valence-corrected chi connectivity index (χ1v) is 6.45. The number of aromatic hydroxyl groups is 2. The van der Waals surface area contributed by atoms with Gasteiger partial charge >= 0.3 is 0 Å². The van der Waals surface area contributed by atoms with Gasteiger partial charge in [0.25, 0.3) is 11.8 Å². The summed E-state index contributed by atoms with van der Waals surface area (Å²) in [5.74, 6) is -1.68. The van der Waals surface area contributed by atoms with E-state index >= 15 is 0 Å². The number of phenols is 2. The fourth-order valence-corrected chi connectivity index (χ4v) is 2.51. The standard InChI is InChI=1S/C16H13NO4/c1-9-3-2-4-10(5-9)8-17-15(20)12-6-11(18)7-13(19)14(12)16(17)21/h2-7,18-19H,8H2,1H3. The molecule has 0 aliphatic carbocycles. The van der Waals surface area contributed by atoms with Crippen molar-refractivity contribution in [1.29, 1.82) is 0 Å². The summed E-state index contributed by atoms with van der Waals surface area (Å²) in [6.45, 7) is 2.06. The number of phenolic OH excluding ortho intramolecular Hbond substituents is 2. The second-order valence-corrected chi connectivity index (χ2v) is 5.07. The zero-order valence-corrected chi connectivity index (χ0v) is 11.3. The summed E-state index contributed by atoms with van der Waals surface area (Å²) in [5, 5.41) is 19.2. The van der Waals surface area contributed by atoms with Crippen LogP contribution in [0, 0.1) is 6.92 Å². The Bertz CT molecular complexity index is 767. The third kappa shape index (κ3) is 2.12. The van der Waals surface area contributed by atoms with Gasteiger partial charge in [-0.3, -0.25) is 14.5 Å². The maximum Gasteiger partial charge on any atom is 0.265 e. The molecule has 0 radical (unpaired) electrons. The van der Waals surface area contributed by atoms with Crippen LogP contribution in [-0.4, -0.2) is 26.9 Å². The molecule has 1 heterocycles. The summed E-state index contributed by atoms with van der Waals surface area (Å²) in [6.07, 6.45) is 0. The number of carbonyl (C=O) groups is 2. The van der Waals surface area contributed by atoms with E-state index in [9.17, 15) is 19.8 Å². The van der Waals surface area contributed by atoms with Crippen LogP contribution < -0.4 is 0 Å². The fraction of sp³-hybridized carbons (Fsp3) is 0.125. The molecule has 0 atom stereocenters. The quantitative estimate of drug-likeness (QED) is 0.828. The van der Waals surface area contributed by atoms with E-state index in [4.69, 9.17) is 0 Å². The molecule has 0 saturated carbocycles. The van der Waals surface area contributed by atoms with Crippen molar-refractivity contribution in [2.75, 3.05) is 0 Å². The Balaban J connectivity index is 1.98. The second kappa shape index (κ2) is 4.63. The Morgan fingerprint density at radius 1 is 1.05 bits per heavy atom. The van der Waals surface area contributed by atoms with Gasteiger partial charge < -0.3 is 10.2 Å². The van der Waals surface area contributed by atoms with E-state index in [0.29, 0.717) is 0 Å². The smallest absolute Gasteiger partial charge is 0.265 e. The largest absolute Gasteiger partial charge is 0.508 e. The van der Waals surface area contributed by atoms with Gasteiger partial charge in [-0.1, -0.05) is 29.8 Å². The van der Waals surface area contributed by atoms with E-state index in [1.807, 2.05) is 31.2 Å². The van der Waals surface area contributed by atoms with Gasteiger partial charge in [0.15, 0.2) is 0 Å². The number of imide groups is 1. The highest BCUT2D eigenvalue weighted by atomic mass is 16.3. The summed E-state index contributed by atoms with van der Waals surface area (Å²) in [6, 6.07) is 9.75. The minimum Gasteiger partial charge on any atom is -0.508 e. The Morgan fingerprint density at radius 2 is 1.81 bits per heavy atom. The van der Waals surface area contributed by atoms with E-state index in [2.05, 4.69) is 0 Å². The number of rotatable bonds is 2. The van der Waals surface area contributed by atoms with Gasteiger partial charge in [-0.2, -0.15) is 0 Å². The van der Waals surface area contributed by atoms with Gasteiger partial charge in [0.05, 0.1) is 17.7 Å². The zero-order chi connectivity index (χ0) is 15.1. The molecule has 0 bridgehead atoms. The van der Waals surface area contributed by atoms with Crippen LogP contribution in [0.5, 0.6) is 11.5 Å². The maximum atomic E-state index is 12.3. The Hall–Kier alpha value is -2.82. The van der Waals surface area contributed by atoms with Gasteiger partial charge in [0, 0.05) is 6.07 Å². The molecule has 2 amide bonds. The van der Waals surface area contributed by atoms with Crippen LogP contribution in [0.1, 0.15) is 31.8 Å². The topological polar surface area (TPSA) is 77.8 Å². The van der Waals surface area contributed by atoms with Gasteiger partial charge in [-0.25, -0.2) is 0 Å². The minimum absolute atomic E-state index is 0.0325. The molecule has 0 spiro atoms. The predicted octanol–water partition coefficient (Wildman–Crippen LogP) is 2.20. The normalized spacial score (nSPS) is 13.7. The van der Waals surface area contributed by atoms with Gasteiger partial charge in [0.1, 0.15) is 11.5 Å². The molecule has 5 nitrogen and oxygen atoms in total. The predicted molar refractivity (Wildman–Crippen MR) is 75.2 cm³/mol. The number of fused-ring (bicyclic) bond motifs is 1. The molecule has 0 aromatic heterocycles.